The Bertz CT molecular complexity index is 594. The third-order valence-corrected chi connectivity index (χ3v) is 5.00. The largest absolute Gasteiger partial charge is 0.342 e. The van der Waals surface area contributed by atoms with Crippen LogP contribution < -0.4 is 0 Å². The van der Waals surface area contributed by atoms with E-state index >= 15 is 0 Å². The Kier molecular flexibility index (Phi) is 4.28. The van der Waals surface area contributed by atoms with Crippen LogP contribution in [0.25, 0.3) is 0 Å². The molecule has 1 N–H and O–H groups in total. The van der Waals surface area contributed by atoms with Crippen molar-refractivity contribution in [3.8, 4) is 0 Å². The van der Waals surface area contributed by atoms with Gasteiger partial charge in [-0.25, -0.2) is 9.97 Å². The lowest BCUT2D eigenvalue weighted by molar-refractivity contribution is -0.132. The second kappa shape index (κ2) is 6.34. The maximum atomic E-state index is 12.4. The van der Waals surface area contributed by atoms with Crippen LogP contribution in [-0.2, 0) is 11.2 Å². The first-order chi connectivity index (χ1) is 10.2. The number of hydrogen-bond acceptors (Lipinski definition) is 5. The number of hydrogen-bond donors (Lipinski definition) is 1. The summed E-state index contributed by atoms with van der Waals surface area (Å²) in [7, 11) is 0. The van der Waals surface area contributed by atoms with E-state index in [2.05, 4.69) is 20.2 Å². The van der Waals surface area contributed by atoms with Crippen molar-refractivity contribution in [3.63, 3.8) is 0 Å². The van der Waals surface area contributed by atoms with Crippen LogP contribution in [0.3, 0.4) is 0 Å². The second-order valence-electron chi connectivity index (χ2n) is 5.41. The van der Waals surface area contributed by atoms with Crippen LogP contribution in [0.2, 0.25) is 0 Å². The van der Waals surface area contributed by atoms with Crippen molar-refractivity contribution in [1.29, 1.82) is 0 Å². The molecule has 2 aromatic rings. The maximum Gasteiger partial charge on any atom is 0.222 e. The number of carbonyl (C=O) groups excluding carboxylic acids is 1. The maximum absolute atomic E-state index is 12.4. The molecule has 2 aromatic heterocycles. The number of amides is 1. The fraction of sp³-hybridized carbons (Fsp3) is 0.571. The van der Waals surface area contributed by atoms with Gasteiger partial charge in [0.15, 0.2) is 0 Å². The molecule has 3 rings (SSSR count). The van der Waals surface area contributed by atoms with Crippen LogP contribution >= 0.6 is 11.3 Å². The lowest BCUT2D eigenvalue weighted by Crippen LogP contribution is -2.39. The van der Waals surface area contributed by atoms with Crippen LogP contribution in [-0.4, -0.2) is 44.1 Å². The van der Waals surface area contributed by atoms with Gasteiger partial charge in [0.25, 0.3) is 0 Å². The Morgan fingerprint density at radius 2 is 2.43 bits per heavy atom. The molecule has 7 heteroatoms. The minimum absolute atomic E-state index is 0.229. The average Bonchev–Trinajstić information content (AvgIpc) is 3.16. The number of aryl methyl sites for hydroxylation is 2. The van der Waals surface area contributed by atoms with Crippen LogP contribution in [0.1, 0.15) is 41.6 Å². The van der Waals surface area contributed by atoms with Gasteiger partial charge >= 0.3 is 0 Å². The van der Waals surface area contributed by atoms with Gasteiger partial charge in [-0.2, -0.15) is 5.10 Å². The van der Waals surface area contributed by atoms with E-state index in [-0.39, 0.29) is 11.8 Å². The lowest BCUT2D eigenvalue weighted by Gasteiger charge is -2.31. The monoisotopic (exact) mass is 305 g/mol. The van der Waals surface area contributed by atoms with E-state index < -0.39 is 0 Å². The summed E-state index contributed by atoms with van der Waals surface area (Å²) in [6.07, 6.45) is 4.97. The highest BCUT2D eigenvalue weighted by atomic mass is 32.1. The van der Waals surface area contributed by atoms with Crippen LogP contribution in [0, 0.1) is 6.92 Å². The molecule has 0 spiro atoms. The molecule has 1 saturated heterocycles. The molecule has 21 heavy (non-hydrogen) atoms. The number of aromatic amines is 1. The summed E-state index contributed by atoms with van der Waals surface area (Å²) in [5.74, 6) is 1.41. The number of thiazole rings is 1. The van der Waals surface area contributed by atoms with E-state index in [4.69, 9.17) is 0 Å². The first kappa shape index (κ1) is 14.2. The highest BCUT2D eigenvalue weighted by molar-refractivity contribution is 7.09. The standard InChI is InChI=1S/C14H19N5OS/c1-10-12(21-9-16-10)4-5-13(20)19-6-2-3-11(7-19)14-15-8-17-18-14/h8-9,11H,2-7H2,1H3,(H,15,17,18)/t11-/m1/s1. The number of H-pyrrole nitrogens is 1. The molecule has 6 nitrogen and oxygen atoms in total. The third-order valence-electron chi connectivity index (χ3n) is 4.01. The predicted octanol–water partition coefficient (Wildman–Crippen LogP) is 1.91. The molecular weight excluding hydrogens is 286 g/mol. The summed E-state index contributed by atoms with van der Waals surface area (Å²) >= 11 is 1.63. The van der Waals surface area contributed by atoms with Crippen molar-refractivity contribution >= 4 is 17.2 Å². The van der Waals surface area contributed by atoms with Gasteiger partial charge < -0.3 is 4.90 Å². The molecule has 0 aliphatic carbocycles. The molecule has 0 radical (unpaired) electrons. The molecule has 1 fully saturated rings. The van der Waals surface area contributed by atoms with E-state index in [1.807, 2.05) is 17.3 Å². The number of likely N-dealkylation sites (tertiary alicyclic amines) is 1. The van der Waals surface area contributed by atoms with Gasteiger partial charge in [-0.3, -0.25) is 9.89 Å². The Labute approximate surface area is 127 Å². The zero-order chi connectivity index (χ0) is 14.7. The van der Waals surface area contributed by atoms with Gasteiger partial charge in [0.05, 0.1) is 11.2 Å². The smallest absolute Gasteiger partial charge is 0.222 e. The lowest BCUT2D eigenvalue weighted by atomic mass is 9.97. The van der Waals surface area contributed by atoms with Gasteiger partial charge in [-0.15, -0.1) is 11.3 Å². The third kappa shape index (κ3) is 3.29. The first-order valence-corrected chi connectivity index (χ1v) is 8.14. The predicted molar refractivity (Wildman–Crippen MR) is 80.1 cm³/mol. The van der Waals surface area contributed by atoms with Crippen molar-refractivity contribution < 1.29 is 4.79 Å². The van der Waals surface area contributed by atoms with Crippen molar-refractivity contribution in [1.82, 2.24) is 25.1 Å². The zero-order valence-corrected chi connectivity index (χ0v) is 12.9. The van der Waals surface area contributed by atoms with Gasteiger partial charge in [-0.1, -0.05) is 0 Å². The number of nitrogens with zero attached hydrogens (tertiary/aromatic N) is 4. The van der Waals surface area contributed by atoms with E-state index in [1.54, 1.807) is 11.3 Å². The molecule has 0 saturated carbocycles. The van der Waals surface area contributed by atoms with Crippen LogP contribution in [0.15, 0.2) is 11.8 Å². The molecule has 1 atom stereocenters. The Morgan fingerprint density at radius 1 is 1.52 bits per heavy atom. The number of aromatic nitrogens is 4. The zero-order valence-electron chi connectivity index (χ0n) is 12.1. The van der Waals surface area contributed by atoms with Crippen LogP contribution in [0.5, 0.6) is 0 Å². The fourth-order valence-corrected chi connectivity index (χ4v) is 3.56. The highest BCUT2D eigenvalue weighted by Crippen LogP contribution is 2.24. The number of carbonyl (C=O) groups is 1. The average molecular weight is 305 g/mol. The van der Waals surface area contributed by atoms with E-state index in [1.165, 1.54) is 11.2 Å². The topological polar surface area (TPSA) is 74.8 Å². The Morgan fingerprint density at radius 3 is 3.14 bits per heavy atom. The minimum Gasteiger partial charge on any atom is -0.342 e. The van der Waals surface area contributed by atoms with Crippen molar-refractivity contribution in [2.24, 2.45) is 0 Å². The fourth-order valence-electron chi connectivity index (χ4n) is 2.78. The summed E-state index contributed by atoms with van der Waals surface area (Å²) < 4.78 is 0. The quantitative estimate of drug-likeness (QED) is 0.936. The minimum atomic E-state index is 0.229. The summed E-state index contributed by atoms with van der Waals surface area (Å²) in [6.45, 7) is 3.60. The SMILES string of the molecule is Cc1ncsc1CCC(=O)N1CCC[C@@H](c2ncn[nH]2)C1. The summed E-state index contributed by atoms with van der Waals surface area (Å²) in [6, 6.07) is 0. The second-order valence-corrected chi connectivity index (χ2v) is 6.35. The Balaban J connectivity index is 1.56. The normalized spacial score (nSPS) is 18.9. The molecule has 0 aromatic carbocycles. The number of rotatable bonds is 4. The molecular formula is C14H19N5OS. The van der Waals surface area contributed by atoms with Gasteiger partial charge in [-0.05, 0) is 26.2 Å². The summed E-state index contributed by atoms with van der Waals surface area (Å²) in [5, 5.41) is 6.82. The van der Waals surface area contributed by atoms with Crippen LogP contribution in [0.4, 0.5) is 0 Å². The number of piperidine rings is 1. The summed E-state index contributed by atoms with van der Waals surface area (Å²) in [4.78, 5) is 24.0. The molecule has 1 aliphatic heterocycles. The van der Waals surface area contributed by atoms with Crippen molar-refractivity contribution in [3.05, 3.63) is 28.2 Å². The van der Waals surface area contributed by atoms with Gasteiger partial charge in [0, 0.05) is 30.3 Å². The summed E-state index contributed by atoms with van der Waals surface area (Å²) in [5.41, 5.74) is 2.89. The molecule has 0 unspecified atom stereocenters. The van der Waals surface area contributed by atoms with Crippen molar-refractivity contribution in [2.45, 2.75) is 38.5 Å². The molecule has 112 valence electrons. The van der Waals surface area contributed by atoms with E-state index in [9.17, 15) is 4.79 Å². The van der Waals surface area contributed by atoms with Crippen molar-refractivity contribution in [2.75, 3.05) is 13.1 Å². The molecule has 1 amide bonds. The van der Waals surface area contributed by atoms with Gasteiger partial charge in [0.2, 0.25) is 5.91 Å². The first-order valence-electron chi connectivity index (χ1n) is 7.26. The highest BCUT2D eigenvalue weighted by Gasteiger charge is 2.26. The van der Waals surface area contributed by atoms with E-state index in [0.717, 1.165) is 43.9 Å². The van der Waals surface area contributed by atoms with E-state index in [0.29, 0.717) is 6.42 Å². The Hall–Kier alpha value is -1.76. The number of nitrogens with one attached hydrogen (secondary N) is 1. The molecule has 3 heterocycles. The molecule has 1 aliphatic rings. The molecule has 0 bridgehead atoms. The van der Waals surface area contributed by atoms with Gasteiger partial charge in [0.1, 0.15) is 12.2 Å².